The molecule has 0 aromatic carbocycles. The summed E-state index contributed by atoms with van der Waals surface area (Å²) in [5.74, 6) is 1.28. The number of nitrogens with zero attached hydrogens (tertiary/aromatic N) is 1. The molecule has 0 spiro atoms. The molecule has 2 bridgehead atoms. The quantitative estimate of drug-likeness (QED) is 0.621. The number of hydrogen-bond donors (Lipinski definition) is 1. The van der Waals surface area contributed by atoms with E-state index in [1.807, 2.05) is 6.20 Å². The molecule has 1 fully saturated rings. The zero-order valence-corrected chi connectivity index (χ0v) is 6.71. The molecule has 0 aliphatic heterocycles. The average Bonchev–Trinajstić information content (AvgIpc) is 2.63. The highest BCUT2D eigenvalue weighted by Crippen LogP contribution is 2.51. The highest BCUT2D eigenvalue weighted by atomic mass is 16.1. The van der Waals surface area contributed by atoms with Crippen molar-refractivity contribution in [3.05, 3.63) is 27.9 Å². The first kappa shape index (κ1) is 6.40. The molecule has 2 aliphatic carbocycles. The summed E-state index contributed by atoms with van der Waals surface area (Å²) in [6, 6.07) is 0. The summed E-state index contributed by atoms with van der Waals surface area (Å²) in [6.07, 6.45) is 5.59. The molecule has 3 heteroatoms. The van der Waals surface area contributed by atoms with Crippen LogP contribution in [-0.2, 0) is 0 Å². The molecule has 0 radical (unpaired) electrons. The first-order chi connectivity index (χ1) is 5.84. The fourth-order valence-corrected chi connectivity index (χ4v) is 2.59. The van der Waals surface area contributed by atoms with Crippen LogP contribution in [0.3, 0.4) is 0 Å². The number of nitrogens with one attached hydrogen (secondary N) is 1. The maximum absolute atomic E-state index is 10.9. The number of rotatable bonds is 0. The average molecular weight is 162 g/mol. The maximum Gasteiger partial charge on any atom is 0.345 e. The second-order valence-electron chi connectivity index (χ2n) is 3.75. The van der Waals surface area contributed by atoms with Crippen molar-refractivity contribution in [1.82, 2.24) is 9.97 Å². The van der Waals surface area contributed by atoms with Crippen LogP contribution in [-0.4, -0.2) is 9.97 Å². The summed E-state index contributed by atoms with van der Waals surface area (Å²) in [6.45, 7) is 0. The molecule has 3 rings (SSSR count). The van der Waals surface area contributed by atoms with Crippen LogP contribution in [0.15, 0.2) is 11.0 Å². The van der Waals surface area contributed by atoms with Crippen LogP contribution in [0.2, 0.25) is 0 Å². The number of hydrogen-bond acceptors (Lipinski definition) is 2. The molecule has 0 saturated heterocycles. The standard InChI is InChI=1S/C9H10N2O/c12-9-10-4-7-5-1-2-6(3-5)8(7)11-9/h4-6H,1-3H2,(H,10,11,12). The molecular weight excluding hydrogens is 152 g/mol. The molecule has 2 unspecified atom stereocenters. The molecule has 1 aromatic heterocycles. The van der Waals surface area contributed by atoms with Crippen molar-refractivity contribution in [1.29, 1.82) is 0 Å². The summed E-state index contributed by atoms with van der Waals surface area (Å²) in [7, 11) is 0. The summed E-state index contributed by atoms with van der Waals surface area (Å²) in [4.78, 5) is 17.6. The Kier molecular flexibility index (Phi) is 1.05. The zero-order valence-electron chi connectivity index (χ0n) is 6.71. The Morgan fingerprint density at radius 2 is 2.25 bits per heavy atom. The largest absolute Gasteiger partial charge is 0.345 e. The third-order valence-electron chi connectivity index (χ3n) is 3.13. The lowest BCUT2D eigenvalue weighted by Crippen LogP contribution is -2.15. The smallest absolute Gasteiger partial charge is 0.312 e. The van der Waals surface area contributed by atoms with Crippen molar-refractivity contribution < 1.29 is 0 Å². The van der Waals surface area contributed by atoms with Crippen LogP contribution >= 0.6 is 0 Å². The van der Waals surface area contributed by atoms with Gasteiger partial charge in [0.15, 0.2) is 0 Å². The van der Waals surface area contributed by atoms with Crippen molar-refractivity contribution in [2.45, 2.75) is 31.1 Å². The molecule has 2 aliphatic rings. The van der Waals surface area contributed by atoms with E-state index in [1.165, 1.54) is 24.8 Å². The summed E-state index contributed by atoms with van der Waals surface area (Å²) in [5.41, 5.74) is 2.18. The Hall–Kier alpha value is -1.12. The Bertz CT molecular complexity index is 382. The van der Waals surface area contributed by atoms with Crippen molar-refractivity contribution in [2.24, 2.45) is 0 Å². The van der Waals surface area contributed by atoms with Crippen LogP contribution in [0, 0.1) is 0 Å². The Morgan fingerprint density at radius 1 is 1.42 bits per heavy atom. The molecule has 2 atom stereocenters. The van der Waals surface area contributed by atoms with Crippen molar-refractivity contribution in [3.63, 3.8) is 0 Å². The van der Waals surface area contributed by atoms with Crippen molar-refractivity contribution in [2.75, 3.05) is 0 Å². The van der Waals surface area contributed by atoms with Crippen LogP contribution < -0.4 is 5.69 Å². The van der Waals surface area contributed by atoms with Gasteiger partial charge in [-0.1, -0.05) is 0 Å². The molecule has 62 valence electrons. The minimum atomic E-state index is -0.193. The Labute approximate surface area is 69.8 Å². The highest BCUT2D eigenvalue weighted by Gasteiger charge is 2.38. The molecule has 1 aromatic rings. The zero-order chi connectivity index (χ0) is 8.13. The Balaban J connectivity index is 2.27. The molecule has 1 N–H and O–H groups in total. The predicted octanol–water partition coefficient (Wildman–Crippen LogP) is 1.13. The van der Waals surface area contributed by atoms with Crippen molar-refractivity contribution in [3.8, 4) is 0 Å². The fraction of sp³-hybridized carbons (Fsp3) is 0.556. The molecule has 1 saturated carbocycles. The summed E-state index contributed by atoms with van der Waals surface area (Å²) >= 11 is 0. The van der Waals surface area contributed by atoms with Gasteiger partial charge in [-0.2, -0.15) is 4.98 Å². The van der Waals surface area contributed by atoms with E-state index in [1.54, 1.807) is 0 Å². The molecular formula is C9H10N2O. The van der Waals surface area contributed by atoms with Gasteiger partial charge in [-0.05, 0) is 30.7 Å². The van der Waals surface area contributed by atoms with Gasteiger partial charge in [0.2, 0.25) is 0 Å². The van der Waals surface area contributed by atoms with Gasteiger partial charge in [0.25, 0.3) is 0 Å². The number of fused-ring (bicyclic) bond motifs is 5. The second-order valence-corrected chi connectivity index (χ2v) is 3.75. The van der Waals surface area contributed by atoms with Gasteiger partial charge in [0, 0.05) is 12.1 Å². The van der Waals surface area contributed by atoms with E-state index in [-0.39, 0.29) is 5.69 Å². The number of H-pyrrole nitrogens is 1. The first-order valence-corrected chi connectivity index (χ1v) is 4.44. The second kappa shape index (κ2) is 1.97. The summed E-state index contributed by atoms with van der Waals surface area (Å²) in [5, 5.41) is 0. The lowest BCUT2D eigenvalue weighted by Gasteiger charge is -2.11. The maximum atomic E-state index is 10.9. The third kappa shape index (κ3) is 0.661. The normalized spacial score (nSPS) is 30.7. The van der Waals surface area contributed by atoms with E-state index < -0.39 is 0 Å². The molecule has 3 nitrogen and oxygen atoms in total. The third-order valence-corrected chi connectivity index (χ3v) is 3.13. The van der Waals surface area contributed by atoms with Gasteiger partial charge in [0.1, 0.15) is 0 Å². The predicted molar refractivity (Wildman–Crippen MR) is 44.2 cm³/mol. The van der Waals surface area contributed by atoms with E-state index in [0.717, 1.165) is 5.69 Å². The van der Waals surface area contributed by atoms with Crippen LogP contribution in [0.1, 0.15) is 42.4 Å². The van der Waals surface area contributed by atoms with Gasteiger partial charge in [-0.3, -0.25) is 0 Å². The van der Waals surface area contributed by atoms with E-state index in [2.05, 4.69) is 9.97 Å². The van der Waals surface area contributed by atoms with Crippen molar-refractivity contribution >= 4 is 0 Å². The summed E-state index contributed by atoms with van der Waals surface area (Å²) < 4.78 is 0. The lowest BCUT2D eigenvalue weighted by molar-refractivity contribution is 0.686. The first-order valence-electron chi connectivity index (χ1n) is 4.44. The van der Waals surface area contributed by atoms with E-state index >= 15 is 0 Å². The Morgan fingerprint density at radius 3 is 3.17 bits per heavy atom. The minimum absolute atomic E-state index is 0.193. The molecule has 12 heavy (non-hydrogen) atoms. The fourth-order valence-electron chi connectivity index (χ4n) is 2.59. The van der Waals surface area contributed by atoms with Gasteiger partial charge >= 0.3 is 5.69 Å². The number of aromatic amines is 1. The van der Waals surface area contributed by atoms with Gasteiger partial charge in [-0.25, -0.2) is 4.79 Å². The molecule has 0 amide bonds. The SMILES string of the molecule is O=c1nc2c(c[nH]1)C1CCC2C1. The van der Waals surface area contributed by atoms with Gasteiger partial charge < -0.3 is 4.98 Å². The van der Waals surface area contributed by atoms with Crippen LogP contribution in [0.5, 0.6) is 0 Å². The van der Waals surface area contributed by atoms with Crippen LogP contribution in [0.25, 0.3) is 0 Å². The molecule has 1 heterocycles. The monoisotopic (exact) mass is 162 g/mol. The van der Waals surface area contributed by atoms with E-state index in [9.17, 15) is 4.79 Å². The number of aromatic nitrogens is 2. The highest BCUT2D eigenvalue weighted by molar-refractivity contribution is 5.33. The minimum Gasteiger partial charge on any atom is -0.312 e. The van der Waals surface area contributed by atoms with Gasteiger partial charge in [0.05, 0.1) is 5.69 Å². The lowest BCUT2D eigenvalue weighted by atomic mass is 9.98. The van der Waals surface area contributed by atoms with Crippen LogP contribution in [0.4, 0.5) is 0 Å². The van der Waals surface area contributed by atoms with E-state index in [4.69, 9.17) is 0 Å². The topological polar surface area (TPSA) is 45.8 Å². The van der Waals surface area contributed by atoms with E-state index in [0.29, 0.717) is 11.8 Å². The van der Waals surface area contributed by atoms with Gasteiger partial charge in [-0.15, -0.1) is 0 Å².